The zero-order valence-electron chi connectivity index (χ0n) is 6.99. The zero-order valence-corrected chi connectivity index (χ0v) is 6.99. The fourth-order valence-corrected chi connectivity index (χ4v) is 0.617. The molecule has 0 fully saturated rings. The van der Waals surface area contributed by atoms with Gasteiger partial charge in [-0.05, 0) is 12.5 Å². The normalized spacial score (nSPS) is 12.4. The van der Waals surface area contributed by atoms with E-state index in [0.717, 1.165) is 0 Å². The van der Waals surface area contributed by atoms with E-state index in [1.807, 2.05) is 0 Å². The van der Waals surface area contributed by atoms with Crippen molar-refractivity contribution in [2.24, 2.45) is 0 Å². The van der Waals surface area contributed by atoms with Crippen LogP contribution in [0.15, 0.2) is 48.7 Å². The molecule has 0 aliphatic rings. The van der Waals surface area contributed by atoms with E-state index in [4.69, 9.17) is 0 Å². The summed E-state index contributed by atoms with van der Waals surface area (Å²) >= 11 is 0. The zero-order chi connectivity index (χ0) is 9.56. The molecule has 0 radical (unpaired) electrons. The fraction of sp³-hybridized carbons (Fsp3) is 0.111. The van der Waals surface area contributed by atoms with Crippen LogP contribution in [0, 0.1) is 10.1 Å². The van der Waals surface area contributed by atoms with Crippen molar-refractivity contribution in [3.63, 3.8) is 0 Å². The minimum absolute atomic E-state index is 0.0250. The minimum atomic E-state index is -0.486. The van der Waals surface area contributed by atoms with Crippen LogP contribution >= 0.6 is 0 Å². The van der Waals surface area contributed by atoms with Crippen molar-refractivity contribution in [2.45, 2.75) is 6.92 Å². The summed E-state index contributed by atoms with van der Waals surface area (Å²) in [5, 5.41) is 10.3. The first-order valence-corrected chi connectivity index (χ1v) is 3.43. The van der Waals surface area contributed by atoms with E-state index in [1.165, 1.54) is 12.2 Å². The molecule has 0 aromatic carbocycles. The van der Waals surface area contributed by atoms with Crippen LogP contribution in [-0.4, -0.2) is 4.92 Å². The van der Waals surface area contributed by atoms with Crippen LogP contribution in [-0.2, 0) is 0 Å². The maximum Gasteiger partial charge on any atom is 0.269 e. The molecule has 0 saturated heterocycles. The highest BCUT2D eigenvalue weighted by atomic mass is 16.6. The molecule has 0 saturated carbocycles. The van der Waals surface area contributed by atoms with Crippen molar-refractivity contribution < 1.29 is 4.92 Å². The summed E-state index contributed by atoms with van der Waals surface area (Å²) in [6.45, 7) is 8.63. The first-order chi connectivity index (χ1) is 5.65. The molecule has 0 aliphatic heterocycles. The van der Waals surface area contributed by atoms with E-state index in [9.17, 15) is 10.1 Å². The lowest BCUT2D eigenvalue weighted by atomic mass is 10.2. The highest BCUT2D eigenvalue weighted by Gasteiger charge is 2.03. The molecule has 0 rings (SSSR count). The third kappa shape index (κ3) is 2.96. The van der Waals surface area contributed by atoms with Gasteiger partial charge in [-0.3, -0.25) is 10.1 Å². The lowest BCUT2D eigenvalue weighted by Crippen LogP contribution is -1.94. The Balaban J connectivity index is 4.81. The Morgan fingerprint density at radius 1 is 1.42 bits per heavy atom. The Kier molecular flexibility index (Phi) is 4.38. The summed E-state index contributed by atoms with van der Waals surface area (Å²) in [5.74, 6) is 0. The fourth-order valence-electron chi connectivity index (χ4n) is 0.617. The maximum absolute atomic E-state index is 10.3. The topological polar surface area (TPSA) is 43.1 Å². The van der Waals surface area contributed by atoms with Gasteiger partial charge >= 0.3 is 0 Å². The third-order valence-electron chi connectivity index (χ3n) is 1.30. The van der Waals surface area contributed by atoms with E-state index in [2.05, 4.69) is 13.2 Å². The summed E-state index contributed by atoms with van der Waals surface area (Å²) in [6, 6.07) is 0. The molecule has 0 atom stereocenters. The van der Waals surface area contributed by atoms with E-state index in [0.29, 0.717) is 5.57 Å². The van der Waals surface area contributed by atoms with Gasteiger partial charge in [-0.2, -0.15) is 0 Å². The second-order valence-corrected chi connectivity index (χ2v) is 2.02. The van der Waals surface area contributed by atoms with Gasteiger partial charge in [-0.25, -0.2) is 0 Å². The smallest absolute Gasteiger partial charge is 0.258 e. The molecule has 0 aromatic heterocycles. The molecular weight excluding hydrogens is 154 g/mol. The molecule has 12 heavy (non-hydrogen) atoms. The number of nitro groups is 1. The number of rotatable bonds is 4. The highest BCUT2D eigenvalue weighted by Crippen LogP contribution is 2.04. The number of hydrogen-bond acceptors (Lipinski definition) is 2. The predicted molar refractivity (Wildman–Crippen MR) is 49.2 cm³/mol. The lowest BCUT2D eigenvalue weighted by molar-refractivity contribution is -0.419. The largest absolute Gasteiger partial charge is 0.269 e. The Labute approximate surface area is 71.6 Å². The van der Waals surface area contributed by atoms with Gasteiger partial charge in [0, 0.05) is 12.2 Å². The van der Waals surface area contributed by atoms with Crippen LogP contribution in [0.2, 0.25) is 0 Å². The van der Waals surface area contributed by atoms with Crippen LogP contribution in [0.4, 0.5) is 0 Å². The summed E-state index contributed by atoms with van der Waals surface area (Å²) < 4.78 is 0. The summed E-state index contributed by atoms with van der Waals surface area (Å²) in [7, 11) is 0. The van der Waals surface area contributed by atoms with E-state index < -0.39 is 4.92 Å². The molecule has 3 nitrogen and oxygen atoms in total. The standard InChI is InChI=1S/C9H11NO2/c1-4-8(5-2)7-9(6-3)10(11)12/h4-7H,1,3H2,2H3/b8-5-,9-7+. The Bertz CT molecular complexity index is 262. The number of allylic oxidation sites excluding steroid dienone is 5. The highest BCUT2D eigenvalue weighted by molar-refractivity contribution is 5.32. The van der Waals surface area contributed by atoms with Gasteiger partial charge in [0.25, 0.3) is 5.70 Å². The van der Waals surface area contributed by atoms with Crippen LogP contribution in [0.3, 0.4) is 0 Å². The number of nitrogens with zero attached hydrogens (tertiary/aromatic N) is 1. The average molecular weight is 165 g/mol. The van der Waals surface area contributed by atoms with Gasteiger partial charge in [-0.1, -0.05) is 25.3 Å². The number of hydrogen-bond donors (Lipinski definition) is 0. The third-order valence-corrected chi connectivity index (χ3v) is 1.30. The van der Waals surface area contributed by atoms with Crippen molar-refractivity contribution in [3.05, 3.63) is 58.8 Å². The Morgan fingerprint density at radius 2 is 2.00 bits per heavy atom. The molecule has 0 heterocycles. The van der Waals surface area contributed by atoms with Gasteiger partial charge in [0.2, 0.25) is 0 Å². The Hall–Kier alpha value is -1.64. The first kappa shape index (κ1) is 10.4. The van der Waals surface area contributed by atoms with Crippen LogP contribution in [0.25, 0.3) is 0 Å². The van der Waals surface area contributed by atoms with Gasteiger partial charge in [0.05, 0.1) is 4.92 Å². The molecule has 64 valence electrons. The van der Waals surface area contributed by atoms with Crippen molar-refractivity contribution in [1.82, 2.24) is 0 Å². The van der Waals surface area contributed by atoms with E-state index in [-0.39, 0.29) is 5.70 Å². The molecule has 0 amide bonds. The summed E-state index contributed by atoms with van der Waals surface area (Å²) in [5.41, 5.74) is 0.685. The quantitative estimate of drug-likeness (QED) is 0.365. The SMILES string of the molecule is C=CC(=C/C)/C=C(\C=C)[N+](=O)[O-]. The maximum atomic E-state index is 10.3. The lowest BCUT2D eigenvalue weighted by Gasteiger charge is -1.91. The molecule has 0 aliphatic carbocycles. The Morgan fingerprint density at radius 3 is 2.25 bits per heavy atom. The van der Waals surface area contributed by atoms with Crippen molar-refractivity contribution in [2.75, 3.05) is 0 Å². The van der Waals surface area contributed by atoms with E-state index in [1.54, 1.807) is 19.1 Å². The first-order valence-electron chi connectivity index (χ1n) is 3.43. The van der Waals surface area contributed by atoms with Gasteiger partial charge < -0.3 is 0 Å². The van der Waals surface area contributed by atoms with Gasteiger partial charge in [-0.15, -0.1) is 0 Å². The second-order valence-electron chi connectivity index (χ2n) is 2.02. The monoisotopic (exact) mass is 165 g/mol. The molecule has 0 spiro atoms. The van der Waals surface area contributed by atoms with E-state index >= 15 is 0 Å². The molecule has 0 aromatic rings. The van der Waals surface area contributed by atoms with Crippen LogP contribution < -0.4 is 0 Å². The summed E-state index contributed by atoms with van der Waals surface area (Å²) in [6.07, 6.45) is 5.90. The van der Waals surface area contributed by atoms with Gasteiger partial charge in [0.1, 0.15) is 0 Å². The molecule has 0 bridgehead atoms. The minimum Gasteiger partial charge on any atom is -0.258 e. The summed E-state index contributed by atoms with van der Waals surface area (Å²) in [4.78, 5) is 9.82. The van der Waals surface area contributed by atoms with Crippen molar-refractivity contribution >= 4 is 0 Å². The molecule has 0 N–H and O–H groups in total. The second kappa shape index (κ2) is 5.07. The van der Waals surface area contributed by atoms with Crippen LogP contribution in [0.1, 0.15) is 6.92 Å². The van der Waals surface area contributed by atoms with Crippen LogP contribution in [0.5, 0.6) is 0 Å². The average Bonchev–Trinajstić information content (AvgIpc) is 2.06. The molecular formula is C9H11NO2. The predicted octanol–water partition coefficient (Wildman–Crippen LogP) is 2.47. The molecule has 3 heteroatoms. The van der Waals surface area contributed by atoms with Crippen molar-refractivity contribution in [1.29, 1.82) is 0 Å². The van der Waals surface area contributed by atoms with Gasteiger partial charge in [0.15, 0.2) is 0 Å². The van der Waals surface area contributed by atoms with Crippen molar-refractivity contribution in [3.8, 4) is 0 Å². The molecule has 0 unspecified atom stereocenters.